The molecule has 0 atom stereocenters. The number of nitrogens with two attached hydrogens (primary N) is 1. The van der Waals surface area contributed by atoms with E-state index in [9.17, 15) is 0 Å². The van der Waals surface area contributed by atoms with Gasteiger partial charge in [0.25, 0.3) is 0 Å². The number of nitrogens with zero attached hydrogens (tertiary/aromatic N) is 1. The number of hydrogen-bond acceptors (Lipinski definition) is 4. The van der Waals surface area contributed by atoms with Crippen molar-refractivity contribution in [3.63, 3.8) is 0 Å². The molecule has 0 amide bonds. The number of halogens is 1. The van der Waals surface area contributed by atoms with Gasteiger partial charge in [0, 0.05) is 0 Å². The fourth-order valence-corrected chi connectivity index (χ4v) is 3.30. The van der Waals surface area contributed by atoms with Crippen molar-refractivity contribution >= 4 is 28.8 Å². The molecule has 5 heteroatoms. The molecular weight excluding hydrogens is 292 g/mol. The Kier molecular flexibility index (Phi) is 3.28. The number of thiophene rings is 1. The van der Waals surface area contributed by atoms with Crippen LogP contribution in [0.1, 0.15) is 11.1 Å². The lowest BCUT2D eigenvalue weighted by Gasteiger charge is -2.02. The van der Waals surface area contributed by atoms with E-state index in [2.05, 4.69) is 5.16 Å². The van der Waals surface area contributed by atoms with Crippen LogP contribution >= 0.6 is 22.9 Å². The number of aryl methyl sites for hydroxylation is 2. The van der Waals surface area contributed by atoms with Crippen LogP contribution in [0.25, 0.3) is 21.8 Å². The Morgan fingerprint density at radius 1 is 1.20 bits per heavy atom. The summed E-state index contributed by atoms with van der Waals surface area (Å²) in [4.78, 5) is 0.865. The molecule has 2 heterocycles. The first kappa shape index (κ1) is 13.2. The number of aromatic nitrogens is 1. The van der Waals surface area contributed by atoms with Gasteiger partial charge in [0.15, 0.2) is 11.6 Å². The summed E-state index contributed by atoms with van der Waals surface area (Å²) in [5.74, 6) is 1.01. The SMILES string of the molecule is Cc1ccc(-c2c(N)noc2-c2scc(C)c2Cl)cc1. The van der Waals surface area contributed by atoms with Crippen LogP contribution in [0.2, 0.25) is 5.02 Å². The Labute approximate surface area is 126 Å². The molecule has 0 spiro atoms. The van der Waals surface area contributed by atoms with E-state index >= 15 is 0 Å². The summed E-state index contributed by atoms with van der Waals surface area (Å²) < 4.78 is 5.41. The smallest absolute Gasteiger partial charge is 0.188 e. The normalized spacial score (nSPS) is 10.9. The first-order valence-corrected chi connectivity index (χ1v) is 7.40. The number of benzene rings is 1. The predicted octanol–water partition coefficient (Wildman–Crippen LogP) is 4.92. The quantitative estimate of drug-likeness (QED) is 0.731. The topological polar surface area (TPSA) is 52.0 Å². The minimum atomic E-state index is 0.381. The van der Waals surface area contributed by atoms with E-state index in [1.54, 1.807) is 0 Å². The largest absolute Gasteiger partial charge is 0.380 e. The molecule has 0 aliphatic carbocycles. The second kappa shape index (κ2) is 4.96. The lowest BCUT2D eigenvalue weighted by Crippen LogP contribution is -1.88. The molecule has 3 aromatic rings. The summed E-state index contributed by atoms with van der Waals surface area (Å²) in [6.45, 7) is 4.01. The molecule has 0 saturated heterocycles. The Hall–Kier alpha value is -1.78. The molecule has 3 rings (SSSR count). The lowest BCUT2D eigenvalue weighted by atomic mass is 10.0. The zero-order valence-electron chi connectivity index (χ0n) is 11.1. The van der Waals surface area contributed by atoms with Crippen molar-refractivity contribution in [3.8, 4) is 21.8 Å². The third-order valence-corrected chi connectivity index (χ3v) is 4.86. The summed E-state index contributed by atoms with van der Waals surface area (Å²) >= 11 is 7.85. The van der Waals surface area contributed by atoms with Crippen LogP contribution in [-0.4, -0.2) is 5.16 Å². The van der Waals surface area contributed by atoms with Crippen molar-refractivity contribution in [2.24, 2.45) is 0 Å². The van der Waals surface area contributed by atoms with E-state index in [0.717, 1.165) is 21.6 Å². The zero-order valence-corrected chi connectivity index (χ0v) is 12.7. The Morgan fingerprint density at radius 3 is 2.50 bits per heavy atom. The van der Waals surface area contributed by atoms with Gasteiger partial charge in [0.1, 0.15) is 0 Å². The fraction of sp³-hybridized carbons (Fsp3) is 0.133. The fourth-order valence-electron chi connectivity index (χ4n) is 2.04. The average molecular weight is 305 g/mol. The Balaban J connectivity index is 2.19. The van der Waals surface area contributed by atoms with E-state index in [1.165, 1.54) is 16.9 Å². The molecule has 0 unspecified atom stereocenters. The van der Waals surface area contributed by atoms with Gasteiger partial charge in [0.2, 0.25) is 0 Å². The van der Waals surface area contributed by atoms with Gasteiger partial charge in [0.05, 0.1) is 15.5 Å². The second-order valence-electron chi connectivity index (χ2n) is 4.70. The highest BCUT2D eigenvalue weighted by molar-refractivity contribution is 7.14. The first-order valence-electron chi connectivity index (χ1n) is 6.14. The van der Waals surface area contributed by atoms with Gasteiger partial charge in [-0.3, -0.25) is 0 Å². The Morgan fingerprint density at radius 2 is 1.90 bits per heavy atom. The van der Waals surface area contributed by atoms with E-state index in [-0.39, 0.29) is 0 Å². The molecule has 102 valence electrons. The van der Waals surface area contributed by atoms with Crippen LogP contribution in [0.3, 0.4) is 0 Å². The number of hydrogen-bond donors (Lipinski definition) is 1. The maximum Gasteiger partial charge on any atom is 0.188 e. The van der Waals surface area contributed by atoms with Crippen LogP contribution in [0.15, 0.2) is 34.2 Å². The van der Waals surface area contributed by atoms with E-state index in [1.807, 2.05) is 43.5 Å². The van der Waals surface area contributed by atoms with Gasteiger partial charge in [-0.2, -0.15) is 0 Å². The molecule has 20 heavy (non-hydrogen) atoms. The molecular formula is C15H13ClN2OS. The number of nitrogen functional groups attached to an aromatic ring is 1. The molecule has 1 aromatic carbocycles. The summed E-state index contributed by atoms with van der Waals surface area (Å²) in [7, 11) is 0. The maximum atomic E-state index is 6.32. The number of rotatable bonds is 2. The van der Waals surface area contributed by atoms with Gasteiger partial charge < -0.3 is 10.3 Å². The average Bonchev–Trinajstić information content (AvgIpc) is 2.96. The van der Waals surface area contributed by atoms with E-state index < -0.39 is 0 Å². The van der Waals surface area contributed by atoms with Crippen molar-refractivity contribution in [2.45, 2.75) is 13.8 Å². The highest BCUT2D eigenvalue weighted by atomic mass is 35.5. The minimum Gasteiger partial charge on any atom is -0.380 e. The number of anilines is 1. The van der Waals surface area contributed by atoms with Gasteiger partial charge in [-0.15, -0.1) is 11.3 Å². The van der Waals surface area contributed by atoms with Crippen molar-refractivity contribution in [3.05, 3.63) is 45.8 Å². The van der Waals surface area contributed by atoms with E-state index in [0.29, 0.717) is 16.6 Å². The highest BCUT2D eigenvalue weighted by Gasteiger charge is 2.21. The van der Waals surface area contributed by atoms with Crippen LogP contribution in [0, 0.1) is 13.8 Å². The van der Waals surface area contributed by atoms with Crippen molar-refractivity contribution in [1.29, 1.82) is 0 Å². The highest BCUT2D eigenvalue weighted by Crippen LogP contribution is 2.43. The zero-order chi connectivity index (χ0) is 14.3. The monoisotopic (exact) mass is 304 g/mol. The van der Waals surface area contributed by atoms with Crippen molar-refractivity contribution in [2.75, 3.05) is 5.73 Å². The molecule has 0 aliphatic rings. The van der Waals surface area contributed by atoms with Crippen LogP contribution in [-0.2, 0) is 0 Å². The van der Waals surface area contributed by atoms with Crippen LogP contribution < -0.4 is 5.73 Å². The summed E-state index contributed by atoms with van der Waals surface area (Å²) in [5.41, 5.74) is 9.95. The molecule has 0 aliphatic heterocycles. The van der Waals surface area contributed by atoms with Crippen molar-refractivity contribution in [1.82, 2.24) is 5.16 Å². The third kappa shape index (κ3) is 2.11. The molecule has 2 aromatic heterocycles. The molecule has 0 fully saturated rings. The molecule has 3 nitrogen and oxygen atoms in total. The van der Waals surface area contributed by atoms with E-state index in [4.69, 9.17) is 21.9 Å². The van der Waals surface area contributed by atoms with Gasteiger partial charge in [-0.25, -0.2) is 0 Å². The predicted molar refractivity (Wildman–Crippen MR) is 84.1 cm³/mol. The summed E-state index contributed by atoms with van der Waals surface area (Å²) in [6.07, 6.45) is 0. The van der Waals surface area contributed by atoms with Crippen molar-refractivity contribution < 1.29 is 4.52 Å². The summed E-state index contributed by atoms with van der Waals surface area (Å²) in [6, 6.07) is 8.09. The van der Waals surface area contributed by atoms with Gasteiger partial charge in [-0.05, 0) is 30.4 Å². The minimum absolute atomic E-state index is 0.381. The van der Waals surface area contributed by atoms with Crippen LogP contribution in [0.5, 0.6) is 0 Å². The van der Waals surface area contributed by atoms with Gasteiger partial charge in [-0.1, -0.05) is 46.6 Å². The maximum absolute atomic E-state index is 6.32. The van der Waals surface area contributed by atoms with Gasteiger partial charge >= 0.3 is 0 Å². The first-order chi connectivity index (χ1) is 9.58. The molecule has 0 radical (unpaired) electrons. The lowest BCUT2D eigenvalue weighted by molar-refractivity contribution is 0.437. The molecule has 0 bridgehead atoms. The molecule has 0 saturated carbocycles. The third-order valence-electron chi connectivity index (χ3n) is 3.16. The standard InChI is InChI=1S/C15H13ClN2OS/c1-8-3-5-10(6-4-8)11-13(19-18-15(11)17)14-12(16)9(2)7-20-14/h3-7H,1-2H3,(H2,17,18). The van der Waals surface area contributed by atoms with Crippen LogP contribution in [0.4, 0.5) is 5.82 Å². The second-order valence-corrected chi connectivity index (χ2v) is 5.96. The Bertz CT molecular complexity index is 759. The summed E-state index contributed by atoms with van der Waals surface area (Å²) in [5, 5.41) is 6.58. The molecule has 2 N–H and O–H groups in total.